The Hall–Kier alpha value is -3.06. The minimum Gasteiger partial charge on any atom is -0.320 e. The number of nitroso groups, excluding NO2 is 1. The highest BCUT2D eigenvalue weighted by Gasteiger charge is 2.17. The van der Waals surface area contributed by atoms with E-state index in [2.05, 4.69) is 16.0 Å². The van der Waals surface area contributed by atoms with Crippen molar-refractivity contribution in [2.45, 2.75) is 12.5 Å². The van der Waals surface area contributed by atoms with Crippen LogP contribution in [0.4, 0.5) is 5.69 Å². The van der Waals surface area contributed by atoms with Gasteiger partial charge in [-0.15, -0.1) is 4.91 Å². The Balaban J connectivity index is 1.93. The Bertz CT molecular complexity index is 686. The van der Waals surface area contributed by atoms with E-state index in [1.165, 1.54) is 24.3 Å². The zero-order chi connectivity index (χ0) is 16.7. The van der Waals surface area contributed by atoms with Gasteiger partial charge in [0.2, 0.25) is 5.91 Å². The topological polar surface area (TPSA) is 114 Å². The second-order valence-corrected chi connectivity index (χ2v) is 4.90. The van der Waals surface area contributed by atoms with Crippen LogP contribution in [0, 0.1) is 4.91 Å². The van der Waals surface area contributed by atoms with Gasteiger partial charge in [-0.3, -0.25) is 14.9 Å². The molecule has 118 valence electrons. The molecule has 0 aromatic heterocycles. The number of carbonyl (C=O) groups excluding carboxylic acids is 2. The molecular formula is C16H16N4O3. The van der Waals surface area contributed by atoms with E-state index in [0.29, 0.717) is 12.1 Å². The van der Waals surface area contributed by atoms with Gasteiger partial charge in [0, 0.05) is 5.56 Å². The molecule has 7 nitrogen and oxygen atoms in total. The fourth-order valence-corrected chi connectivity index (χ4v) is 1.99. The van der Waals surface area contributed by atoms with Crippen molar-refractivity contribution in [2.24, 2.45) is 11.0 Å². The summed E-state index contributed by atoms with van der Waals surface area (Å²) >= 11 is 0. The fraction of sp³-hybridized carbons (Fsp3) is 0.125. The summed E-state index contributed by atoms with van der Waals surface area (Å²) in [7, 11) is 0. The maximum absolute atomic E-state index is 12.0. The number of imide groups is 1. The van der Waals surface area contributed by atoms with Crippen molar-refractivity contribution in [1.82, 2.24) is 5.32 Å². The van der Waals surface area contributed by atoms with Crippen molar-refractivity contribution in [3.05, 3.63) is 70.6 Å². The van der Waals surface area contributed by atoms with E-state index in [9.17, 15) is 14.5 Å². The summed E-state index contributed by atoms with van der Waals surface area (Å²) in [5.74, 6) is -1.10. The fourth-order valence-electron chi connectivity index (χ4n) is 1.99. The molecule has 0 aliphatic heterocycles. The van der Waals surface area contributed by atoms with Crippen LogP contribution < -0.4 is 16.5 Å². The number of nitrogens with one attached hydrogen (secondary N) is 2. The van der Waals surface area contributed by atoms with Crippen LogP contribution in [0.2, 0.25) is 0 Å². The van der Waals surface area contributed by atoms with Crippen molar-refractivity contribution >= 4 is 17.5 Å². The van der Waals surface area contributed by atoms with E-state index in [4.69, 9.17) is 5.73 Å². The normalized spacial score (nSPS) is 11.3. The van der Waals surface area contributed by atoms with Gasteiger partial charge in [-0.1, -0.05) is 30.3 Å². The second kappa shape index (κ2) is 7.81. The molecular weight excluding hydrogens is 296 g/mol. The minimum absolute atomic E-state index is 0.279. The van der Waals surface area contributed by atoms with Gasteiger partial charge in [-0.05, 0) is 36.2 Å². The predicted octanol–water partition coefficient (Wildman–Crippen LogP) is 1.61. The molecule has 0 heterocycles. The zero-order valence-corrected chi connectivity index (χ0v) is 12.2. The molecule has 2 aromatic rings. The Morgan fingerprint density at radius 1 is 1.04 bits per heavy atom. The van der Waals surface area contributed by atoms with Gasteiger partial charge < -0.3 is 5.73 Å². The lowest BCUT2D eigenvalue weighted by Crippen LogP contribution is -2.44. The van der Waals surface area contributed by atoms with Gasteiger partial charge in [0.15, 0.2) is 0 Å². The van der Waals surface area contributed by atoms with E-state index in [1.807, 2.05) is 30.3 Å². The van der Waals surface area contributed by atoms with E-state index >= 15 is 0 Å². The van der Waals surface area contributed by atoms with E-state index in [-0.39, 0.29) is 5.56 Å². The first-order valence-electron chi connectivity index (χ1n) is 6.93. The first-order chi connectivity index (χ1) is 11.1. The molecule has 2 aromatic carbocycles. The molecule has 0 aliphatic carbocycles. The highest BCUT2D eigenvalue weighted by atomic mass is 16.3. The van der Waals surface area contributed by atoms with Gasteiger partial charge in [0.05, 0.1) is 17.0 Å². The van der Waals surface area contributed by atoms with Crippen molar-refractivity contribution in [3.63, 3.8) is 0 Å². The Kier molecular flexibility index (Phi) is 5.54. The Morgan fingerprint density at radius 3 is 2.30 bits per heavy atom. The maximum Gasteiger partial charge on any atom is 0.257 e. The first-order valence-corrected chi connectivity index (χ1v) is 6.93. The van der Waals surface area contributed by atoms with Crippen LogP contribution in [0.3, 0.4) is 0 Å². The number of nitrogens with zero attached hydrogens (tertiary/aromatic N) is 1. The predicted molar refractivity (Wildman–Crippen MR) is 86.5 cm³/mol. The standard InChI is InChI=1S/C16H16N4O3/c17-14(10-11-4-2-1-3-5-11)16(22)18-15(21)12-6-8-13(9-7-12)19-20-23/h1-9,14H,10,17H2,(H,19,23)(H,18,21,22)/t14-/m0/s1. The summed E-state index contributed by atoms with van der Waals surface area (Å²) in [5, 5.41) is 4.78. The smallest absolute Gasteiger partial charge is 0.257 e. The molecule has 4 N–H and O–H groups in total. The first kappa shape index (κ1) is 16.3. The number of amides is 2. The minimum atomic E-state index is -0.818. The van der Waals surface area contributed by atoms with Crippen LogP contribution in [-0.4, -0.2) is 17.9 Å². The van der Waals surface area contributed by atoms with Crippen molar-refractivity contribution in [2.75, 3.05) is 5.43 Å². The third-order valence-corrected chi connectivity index (χ3v) is 3.19. The maximum atomic E-state index is 12.0. The summed E-state index contributed by atoms with van der Waals surface area (Å²) in [6.07, 6.45) is 0.341. The molecule has 0 radical (unpaired) electrons. The molecule has 0 saturated heterocycles. The molecule has 0 fully saturated rings. The summed E-state index contributed by atoms with van der Waals surface area (Å²) in [5.41, 5.74) is 9.67. The Labute approximate surface area is 132 Å². The van der Waals surface area contributed by atoms with E-state index < -0.39 is 17.9 Å². The van der Waals surface area contributed by atoms with Crippen molar-refractivity contribution < 1.29 is 9.59 Å². The average molecular weight is 312 g/mol. The molecule has 1 atom stereocenters. The van der Waals surface area contributed by atoms with Gasteiger partial charge in [-0.2, -0.15) is 0 Å². The second-order valence-electron chi connectivity index (χ2n) is 4.90. The van der Waals surface area contributed by atoms with Crippen LogP contribution >= 0.6 is 0 Å². The van der Waals surface area contributed by atoms with E-state index in [0.717, 1.165) is 5.56 Å². The molecule has 2 amide bonds. The molecule has 23 heavy (non-hydrogen) atoms. The number of benzene rings is 2. The quantitative estimate of drug-likeness (QED) is 0.554. The number of carbonyl (C=O) groups is 2. The SMILES string of the molecule is N[C@@H](Cc1ccccc1)C(=O)NC(=O)c1ccc(NN=O)cc1. The van der Waals surface area contributed by atoms with Crippen LogP contribution in [0.25, 0.3) is 0 Å². The average Bonchev–Trinajstić information content (AvgIpc) is 2.56. The highest BCUT2D eigenvalue weighted by molar-refractivity contribution is 6.06. The lowest BCUT2D eigenvalue weighted by molar-refractivity contribution is -0.121. The van der Waals surface area contributed by atoms with Crippen LogP contribution in [-0.2, 0) is 11.2 Å². The molecule has 0 unspecified atom stereocenters. The van der Waals surface area contributed by atoms with Crippen LogP contribution in [0.1, 0.15) is 15.9 Å². The monoisotopic (exact) mass is 312 g/mol. The molecule has 7 heteroatoms. The summed E-state index contributed by atoms with van der Waals surface area (Å²) in [6.45, 7) is 0. The third kappa shape index (κ3) is 4.72. The largest absolute Gasteiger partial charge is 0.320 e. The molecule has 2 rings (SSSR count). The molecule has 0 saturated carbocycles. The van der Waals surface area contributed by atoms with Crippen molar-refractivity contribution in [1.29, 1.82) is 0 Å². The molecule has 0 aliphatic rings. The number of anilines is 1. The summed E-state index contributed by atoms with van der Waals surface area (Å²) < 4.78 is 0. The molecule has 0 spiro atoms. The van der Waals surface area contributed by atoms with Gasteiger partial charge in [-0.25, -0.2) is 5.43 Å². The summed E-state index contributed by atoms with van der Waals surface area (Å²) in [6, 6.07) is 14.4. The van der Waals surface area contributed by atoms with Crippen molar-refractivity contribution in [3.8, 4) is 0 Å². The lowest BCUT2D eigenvalue weighted by Gasteiger charge is -2.11. The Morgan fingerprint density at radius 2 is 1.70 bits per heavy atom. The van der Waals surface area contributed by atoms with Crippen LogP contribution in [0.5, 0.6) is 0 Å². The van der Waals surface area contributed by atoms with Gasteiger partial charge in [0.25, 0.3) is 5.91 Å². The highest BCUT2D eigenvalue weighted by Crippen LogP contribution is 2.09. The number of hydrogen-bond donors (Lipinski definition) is 3. The van der Waals surface area contributed by atoms with Gasteiger partial charge in [0.1, 0.15) is 0 Å². The van der Waals surface area contributed by atoms with E-state index in [1.54, 1.807) is 0 Å². The number of rotatable bonds is 6. The number of nitrogens with two attached hydrogens (primary N) is 1. The third-order valence-electron chi connectivity index (χ3n) is 3.19. The lowest BCUT2D eigenvalue weighted by atomic mass is 10.1. The zero-order valence-electron chi connectivity index (χ0n) is 12.2. The molecule has 0 bridgehead atoms. The number of hydrogen-bond acceptors (Lipinski definition) is 5. The van der Waals surface area contributed by atoms with Crippen LogP contribution in [0.15, 0.2) is 59.9 Å². The summed E-state index contributed by atoms with van der Waals surface area (Å²) in [4.78, 5) is 34.0. The van der Waals surface area contributed by atoms with Gasteiger partial charge >= 0.3 is 0 Å².